The van der Waals surface area contributed by atoms with Gasteiger partial charge < -0.3 is 5.32 Å². The molecule has 1 heterocycles. The number of aromatic nitrogens is 1. The molecule has 2 heteroatoms. The van der Waals surface area contributed by atoms with Crippen LogP contribution >= 0.6 is 0 Å². The second kappa shape index (κ2) is 9.96. The van der Waals surface area contributed by atoms with E-state index in [2.05, 4.69) is 37.1 Å². The minimum atomic E-state index is 0.666. The van der Waals surface area contributed by atoms with E-state index in [1.165, 1.54) is 37.7 Å². The predicted octanol–water partition coefficient (Wildman–Crippen LogP) is 4.21. The van der Waals surface area contributed by atoms with Crippen LogP contribution < -0.4 is 5.32 Å². The molecule has 1 unspecified atom stereocenters. The molecule has 1 rings (SSSR count). The van der Waals surface area contributed by atoms with Crippen LogP contribution in [0.3, 0.4) is 0 Å². The van der Waals surface area contributed by atoms with Crippen molar-refractivity contribution < 1.29 is 0 Å². The number of pyridine rings is 1. The quantitative estimate of drug-likeness (QED) is 0.683. The lowest BCUT2D eigenvalue weighted by Gasteiger charge is -2.19. The van der Waals surface area contributed by atoms with E-state index in [1.54, 1.807) is 0 Å². The zero-order valence-corrected chi connectivity index (χ0v) is 12.9. The Morgan fingerprint density at radius 2 is 2.05 bits per heavy atom. The van der Waals surface area contributed by atoms with Crippen molar-refractivity contribution in [3.8, 4) is 0 Å². The molecule has 0 fully saturated rings. The van der Waals surface area contributed by atoms with Gasteiger partial charge in [-0.2, -0.15) is 0 Å². The predicted molar refractivity (Wildman–Crippen MR) is 83.3 cm³/mol. The first-order valence-electron chi connectivity index (χ1n) is 7.84. The summed E-state index contributed by atoms with van der Waals surface area (Å²) in [5.74, 6) is 0.824. The molecule has 108 valence electrons. The van der Waals surface area contributed by atoms with Crippen molar-refractivity contribution in [3.63, 3.8) is 0 Å². The lowest BCUT2D eigenvalue weighted by atomic mass is 9.98. The number of rotatable bonds is 10. The van der Waals surface area contributed by atoms with Crippen molar-refractivity contribution in [2.24, 2.45) is 5.92 Å². The molecule has 2 nitrogen and oxygen atoms in total. The Hall–Kier alpha value is -0.890. The van der Waals surface area contributed by atoms with Gasteiger partial charge in [-0.15, -0.1) is 0 Å². The Morgan fingerprint density at radius 1 is 1.21 bits per heavy atom. The molecule has 19 heavy (non-hydrogen) atoms. The largest absolute Gasteiger partial charge is 0.314 e. The monoisotopic (exact) mass is 262 g/mol. The number of nitrogens with one attached hydrogen (secondary N) is 1. The molecule has 0 aliphatic heterocycles. The van der Waals surface area contributed by atoms with Gasteiger partial charge in [-0.1, -0.05) is 39.7 Å². The summed E-state index contributed by atoms with van der Waals surface area (Å²) in [5, 5.41) is 3.69. The first-order valence-corrected chi connectivity index (χ1v) is 7.84. The van der Waals surface area contributed by atoms with Crippen molar-refractivity contribution in [2.45, 2.75) is 65.3 Å². The number of hydrogen-bond acceptors (Lipinski definition) is 2. The lowest BCUT2D eigenvalue weighted by molar-refractivity contribution is 0.417. The second-order valence-corrected chi connectivity index (χ2v) is 5.88. The van der Waals surface area contributed by atoms with E-state index in [0.717, 1.165) is 18.9 Å². The van der Waals surface area contributed by atoms with E-state index in [9.17, 15) is 0 Å². The van der Waals surface area contributed by atoms with Gasteiger partial charge in [0, 0.05) is 18.4 Å². The highest BCUT2D eigenvalue weighted by Gasteiger charge is 2.08. The van der Waals surface area contributed by atoms with Crippen LogP contribution in [-0.4, -0.2) is 17.6 Å². The molecule has 0 aliphatic carbocycles. The number of nitrogens with zero attached hydrogens (tertiary/aromatic N) is 1. The van der Waals surface area contributed by atoms with Crippen LogP contribution in [0.1, 0.15) is 58.4 Å². The van der Waals surface area contributed by atoms with E-state index >= 15 is 0 Å². The van der Waals surface area contributed by atoms with Gasteiger partial charge in [-0.3, -0.25) is 4.98 Å². The fraction of sp³-hybridized carbons (Fsp3) is 0.706. The minimum absolute atomic E-state index is 0.666. The number of aryl methyl sites for hydroxylation is 1. The SMILES string of the molecule is CCCNC(CCCC(C)C)CCc1cccnc1. The molecule has 0 spiro atoms. The van der Waals surface area contributed by atoms with Crippen LogP contribution in [0.5, 0.6) is 0 Å². The van der Waals surface area contributed by atoms with Crippen LogP contribution in [0.4, 0.5) is 0 Å². The highest BCUT2D eigenvalue weighted by atomic mass is 14.9. The van der Waals surface area contributed by atoms with Crippen molar-refractivity contribution in [1.29, 1.82) is 0 Å². The fourth-order valence-electron chi connectivity index (χ4n) is 2.36. The fourth-order valence-corrected chi connectivity index (χ4v) is 2.36. The van der Waals surface area contributed by atoms with Gasteiger partial charge in [0.2, 0.25) is 0 Å². The number of hydrogen-bond donors (Lipinski definition) is 1. The molecule has 0 radical (unpaired) electrons. The molecule has 0 saturated heterocycles. The molecular weight excluding hydrogens is 232 g/mol. The van der Waals surface area contributed by atoms with E-state index in [4.69, 9.17) is 0 Å². The van der Waals surface area contributed by atoms with Crippen LogP contribution in [0.15, 0.2) is 24.5 Å². The summed E-state index contributed by atoms with van der Waals surface area (Å²) in [4.78, 5) is 4.19. The standard InChI is InChI=1S/C17H30N2/c1-4-12-19-17(9-5-7-15(2)3)11-10-16-8-6-13-18-14-16/h6,8,13-15,17,19H,4-5,7,9-12H2,1-3H3. The molecule has 1 aromatic heterocycles. The van der Waals surface area contributed by atoms with Gasteiger partial charge in [0.05, 0.1) is 0 Å². The van der Waals surface area contributed by atoms with Crippen molar-refractivity contribution in [1.82, 2.24) is 10.3 Å². The second-order valence-electron chi connectivity index (χ2n) is 5.88. The molecule has 1 aromatic rings. The van der Waals surface area contributed by atoms with E-state index in [-0.39, 0.29) is 0 Å². The Balaban J connectivity index is 2.31. The van der Waals surface area contributed by atoms with E-state index in [1.807, 2.05) is 18.5 Å². The first-order chi connectivity index (χ1) is 9.22. The zero-order valence-electron chi connectivity index (χ0n) is 12.9. The van der Waals surface area contributed by atoms with Gasteiger partial charge in [-0.25, -0.2) is 0 Å². The highest BCUT2D eigenvalue weighted by Crippen LogP contribution is 2.12. The molecule has 0 saturated carbocycles. The summed E-state index contributed by atoms with van der Waals surface area (Å²) in [6, 6.07) is 4.87. The summed E-state index contributed by atoms with van der Waals surface area (Å²) in [5.41, 5.74) is 1.36. The van der Waals surface area contributed by atoms with Crippen molar-refractivity contribution >= 4 is 0 Å². The zero-order chi connectivity index (χ0) is 13.9. The van der Waals surface area contributed by atoms with Crippen LogP contribution in [0, 0.1) is 5.92 Å². The molecular formula is C17H30N2. The third kappa shape index (κ3) is 7.99. The topological polar surface area (TPSA) is 24.9 Å². The van der Waals surface area contributed by atoms with Gasteiger partial charge in [0.1, 0.15) is 0 Å². The Morgan fingerprint density at radius 3 is 2.68 bits per heavy atom. The molecule has 0 aromatic carbocycles. The van der Waals surface area contributed by atoms with Crippen molar-refractivity contribution in [2.75, 3.05) is 6.54 Å². The van der Waals surface area contributed by atoms with E-state index in [0.29, 0.717) is 6.04 Å². The summed E-state index contributed by atoms with van der Waals surface area (Å²) in [6.45, 7) is 7.99. The van der Waals surface area contributed by atoms with Gasteiger partial charge in [-0.05, 0) is 49.8 Å². The van der Waals surface area contributed by atoms with E-state index < -0.39 is 0 Å². The third-order valence-electron chi connectivity index (χ3n) is 3.52. The highest BCUT2D eigenvalue weighted by molar-refractivity contribution is 5.08. The maximum atomic E-state index is 4.19. The van der Waals surface area contributed by atoms with Gasteiger partial charge in [0.15, 0.2) is 0 Å². The van der Waals surface area contributed by atoms with Crippen LogP contribution in [0.25, 0.3) is 0 Å². The first kappa shape index (κ1) is 16.2. The van der Waals surface area contributed by atoms with Gasteiger partial charge in [0.25, 0.3) is 0 Å². The summed E-state index contributed by atoms with van der Waals surface area (Å²) in [6.07, 6.45) is 11.4. The molecule has 0 aliphatic rings. The van der Waals surface area contributed by atoms with Crippen LogP contribution in [-0.2, 0) is 6.42 Å². The third-order valence-corrected chi connectivity index (χ3v) is 3.52. The summed E-state index contributed by atoms with van der Waals surface area (Å²) < 4.78 is 0. The maximum Gasteiger partial charge on any atom is 0.0299 e. The Bertz CT molecular complexity index is 308. The average molecular weight is 262 g/mol. The molecule has 1 N–H and O–H groups in total. The summed E-state index contributed by atoms with van der Waals surface area (Å²) >= 11 is 0. The smallest absolute Gasteiger partial charge is 0.0299 e. The summed E-state index contributed by atoms with van der Waals surface area (Å²) in [7, 11) is 0. The normalized spacial score (nSPS) is 12.8. The minimum Gasteiger partial charge on any atom is -0.314 e. The van der Waals surface area contributed by atoms with Crippen LogP contribution in [0.2, 0.25) is 0 Å². The Labute approximate surface area is 119 Å². The maximum absolute atomic E-state index is 4.19. The lowest BCUT2D eigenvalue weighted by Crippen LogP contribution is -2.30. The molecule has 1 atom stereocenters. The average Bonchev–Trinajstić information content (AvgIpc) is 2.42. The molecule has 0 amide bonds. The van der Waals surface area contributed by atoms with Gasteiger partial charge >= 0.3 is 0 Å². The van der Waals surface area contributed by atoms with Crippen molar-refractivity contribution in [3.05, 3.63) is 30.1 Å². The molecule has 0 bridgehead atoms. The Kier molecular flexibility index (Phi) is 8.48.